The molecule has 1 fully saturated rings. The molecule has 1 aliphatic heterocycles. The molecule has 7 nitrogen and oxygen atoms in total. The highest BCUT2D eigenvalue weighted by Crippen LogP contribution is 2.34. The molecule has 0 aliphatic carbocycles. The van der Waals surface area contributed by atoms with Crippen molar-refractivity contribution in [1.82, 2.24) is 25.1 Å². The Kier molecular flexibility index (Phi) is 5.92. The molecule has 1 aromatic carbocycles. The van der Waals surface area contributed by atoms with Crippen LogP contribution >= 0.6 is 11.6 Å². The maximum absolute atomic E-state index is 6.27. The predicted octanol–water partition coefficient (Wildman–Crippen LogP) is 5.42. The van der Waals surface area contributed by atoms with Crippen molar-refractivity contribution in [1.29, 1.82) is 0 Å². The lowest BCUT2D eigenvalue weighted by Crippen LogP contribution is -2.30. The number of halogens is 1. The summed E-state index contributed by atoms with van der Waals surface area (Å²) >= 11 is 6.27. The number of hydrogen-bond donors (Lipinski definition) is 3. The zero-order valence-corrected chi connectivity index (χ0v) is 18.6. The van der Waals surface area contributed by atoms with E-state index in [2.05, 4.69) is 68.7 Å². The van der Waals surface area contributed by atoms with Gasteiger partial charge in [0.1, 0.15) is 5.02 Å². The number of nitrogens with one attached hydrogen (secondary N) is 3. The van der Waals surface area contributed by atoms with Crippen LogP contribution < -0.4 is 10.6 Å². The summed E-state index contributed by atoms with van der Waals surface area (Å²) < 4.78 is 0. The van der Waals surface area contributed by atoms with E-state index in [-0.39, 0.29) is 0 Å². The maximum Gasteiger partial charge on any atom is 0.229 e. The predicted molar refractivity (Wildman–Crippen MR) is 122 cm³/mol. The summed E-state index contributed by atoms with van der Waals surface area (Å²) in [5.41, 5.74) is 5.81. The number of rotatable bonds is 5. The lowest BCUT2D eigenvalue weighted by molar-refractivity contribution is 0.187. The van der Waals surface area contributed by atoms with E-state index in [0.717, 1.165) is 17.9 Å². The Morgan fingerprint density at radius 2 is 1.93 bits per heavy atom. The Hall–Kier alpha value is -2.64. The number of hydrogen-bond acceptors (Lipinski definition) is 6. The largest absolute Gasteiger partial charge is 0.324 e. The fourth-order valence-electron chi connectivity index (χ4n) is 4.04. The van der Waals surface area contributed by atoms with Gasteiger partial charge >= 0.3 is 0 Å². The number of piperidine rings is 1. The lowest BCUT2D eigenvalue weighted by Gasteiger charge is -2.34. The third kappa shape index (κ3) is 4.42. The Bertz CT molecular complexity index is 1050. The molecule has 2 aromatic heterocycles. The second kappa shape index (κ2) is 8.62. The molecule has 1 aliphatic rings. The number of benzene rings is 1. The molecule has 0 spiro atoms. The van der Waals surface area contributed by atoms with Crippen LogP contribution in [0.25, 0.3) is 0 Å². The van der Waals surface area contributed by atoms with Gasteiger partial charge in [0.15, 0.2) is 11.6 Å². The van der Waals surface area contributed by atoms with Gasteiger partial charge < -0.3 is 10.6 Å². The molecule has 3 N–H and O–H groups in total. The van der Waals surface area contributed by atoms with Gasteiger partial charge in [-0.25, -0.2) is 4.98 Å². The van der Waals surface area contributed by atoms with E-state index in [1.165, 1.54) is 36.0 Å². The molecule has 3 aromatic rings. The van der Waals surface area contributed by atoms with Gasteiger partial charge in [-0.3, -0.25) is 10.00 Å². The quantitative estimate of drug-likeness (QED) is 0.506. The first kappa shape index (κ1) is 20.6. The van der Waals surface area contributed by atoms with Crippen LogP contribution in [0.3, 0.4) is 0 Å². The van der Waals surface area contributed by atoms with Crippen LogP contribution in [0.2, 0.25) is 5.02 Å². The molecule has 1 unspecified atom stereocenters. The van der Waals surface area contributed by atoms with E-state index in [0.29, 0.717) is 28.6 Å². The van der Waals surface area contributed by atoms with E-state index in [9.17, 15) is 0 Å². The zero-order chi connectivity index (χ0) is 21.3. The molecule has 1 saturated heterocycles. The molecule has 3 heterocycles. The number of aromatic amines is 1. The topological polar surface area (TPSA) is 81.8 Å². The monoisotopic (exact) mass is 425 g/mol. The molecular weight excluding hydrogens is 398 g/mol. The second-order valence-electron chi connectivity index (χ2n) is 8.09. The summed E-state index contributed by atoms with van der Waals surface area (Å²) in [6.45, 7) is 7.40. The standard InChI is InChI=1S/C22H28ClN7/c1-13-10-18(14(2)9-16(13)19-7-5-6-8-30(19)4)25-22-24-12-17(23)21(27-22)26-20-11-15(3)28-29-20/h9-12,19H,5-8H2,1-4H3,(H3,24,25,26,27,28,29). The fourth-order valence-corrected chi connectivity index (χ4v) is 4.18. The highest BCUT2D eigenvalue weighted by molar-refractivity contribution is 6.32. The SMILES string of the molecule is Cc1cc(Nc2nc(Nc3cc(C)c(C4CCCCN4C)cc3C)ncc2Cl)n[nH]1. The van der Waals surface area contributed by atoms with Gasteiger partial charge in [-0.1, -0.05) is 24.1 Å². The van der Waals surface area contributed by atoms with Crippen molar-refractivity contribution in [2.75, 3.05) is 24.2 Å². The van der Waals surface area contributed by atoms with Crippen LogP contribution in [0.4, 0.5) is 23.3 Å². The summed E-state index contributed by atoms with van der Waals surface area (Å²) in [5.74, 6) is 1.65. The summed E-state index contributed by atoms with van der Waals surface area (Å²) in [6, 6.07) is 6.87. The smallest absolute Gasteiger partial charge is 0.229 e. The number of nitrogens with zero attached hydrogens (tertiary/aromatic N) is 4. The molecule has 1 atom stereocenters. The highest BCUT2D eigenvalue weighted by atomic mass is 35.5. The normalized spacial score (nSPS) is 17.2. The Labute approximate surface area is 182 Å². The van der Waals surface area contributed by atoms with E-state index >= 15 is 0 Å². The molecule has 4 rings (SSSR count). The van der Waals surface area contributed by atoms with Gasteiger partial charge in [-0.05, 0) is 70.0 Å². The highest BCUT2D eigenvalue weighted by Gasteiger charge is 2.23. The van der Waals surface area contributed by atoms with Crippen LogP contribution in [0.5, 0.6) is 0 Å². The third-order valence-electron chi connectivity index (χ3n) is 5.69. The minimum Gasteiger partial charge on any atom is -0.324 e. The molecule has 0 radical (unpaired) electrons. The van der Waals surface area contributed by atoms with Crippen molar-refractivity contribution in [3.63, 3.8) is 0 Å². The number of anilines is 4. The zero-order valence-electron chi connectivity index (χ0n) is 17.9. The fraction of sp³-hybridized carbons (Fsp3) is 0.409. The van der Waals surface area contributed by atoms with Crippen molar-refractivity contribution >= 4 is 34.9 Å². The number of aromatic nitrogens is 4. The summed E-state index contributed by atoms with van der Waals surface area (Å²) in [5, 5.41) is 14.0. The number of H-pyrrole nitrogens is 1. The number of aryl methyl sites for hydroxylation is 3. The Balaban J connectivity index is 1.56. The molecule has 8 heteroatoms. The Morgan fingerprint density at radius 1 is 1.10 bits per heavy atom. The lowest BCUT2D eigenvalue weighted by atomic mass is 9.91. The molecular formula is C22H28ClN7. The van der Waals surface area contributed by atoms with Crippen LogP contribution in [0.1, 0.15) is 47.7 Å². The van der Waals surface area contributed by atoms with Crippen LogP contribution in [-0.2, 0) is 0 Å². The van der Waals surface area contributed by atoms with Crippen molar-refractivity contribution in [2.45, 2.75) is 46.1 Å². The number of likely N-dealkylation sites (tertiary alicyclic amines) is 1. The van der Waals surface area contributed by atoms with Crippen LogP contribution in [-0.4, -0.2) is 38.7 Å². The molecule has 0 amide bonds. The maximum atomic E-state index is 6.27. The first-order valence-electron chi connectivity index (χ1n) is 10.3. The molecule has 30 heavy (non-hydrogen) atoms. The van der Waals surface area contributed by atoms with Gasteiger partial charge in [-0.2, -0.15) is 10.1 Å². The van der Waals surface area contributed by atoms with Crippen LogP contribution in [0.15, 0.2) is 24.4 Å². The van der Waals surface area contributed by atoms with E-state index in [1.54, 1.807) is 6.20 Å². The molecule has 0 bridgehead atoms. The van der Waals surface area contributed by atoms with Crippen molar-refractivity contribution < 1.29 is 0 Å². The van der Waals surface area contributed by atoms with Crippen LogP contribution in [0, 0.1) is 20.8 Å². The van der Waals surface area contributed by atoms with Gasteiger partial charge in [-0.15, -0.1) is 0 Å². The van der Waals surface area contributed by atoms with Gasteiger partial charge in [0.25, 0.3) is 0 Å². The van der Waals surface area contributed by atoms with Gasteiger partial charge in [0, 0.05) is 23.5 Å². The second-order valence-corrected chi connectivity index (χ2v) is 8.50. The van der Waals surface area contributed by atoms with E-state index < -0.39 is 0 Å². The molecule has 158 valence electrons. The van der Waals surface area contributed by atoms with E-state index in [1.807, 2.05) is 13.0 Å². The average Bonchev–Trinajstić information content (AvgIpc) is 3.12. The minimum absolute atomic E-state index is 0.435. The average molecular weight is 426 g/mol. The van der Waals surface area contributed by atoms with Crippen molar-refractivity contribution in [2.24, 2.45) is 0 Å². The molecule has 0 saturated carbocycles. The van der Waals surface area contributed by atoms with Gasteiger partial charge in [0.05, 0.1) is 6.20 Å². The van der Waals surface area contributed by atoms with Gasteiger partial charge in [0.2, 0.25) is 5.95 Å². The summed E-state index contributed by atoms with van der Waals surface area (Å²) in [6.07, 6.45) is 5.38. The first-order chi connectivity index (χ1) is 14.4. The van der Waals surface area contributed by atoms with Crippen molar-refractivity contribution in [3.8, 4) is 0 Å². The third-order valence-corrected chi connectivity index (χ3v) is 5.96. The summed E-state index contributed by atoms with van der Waals surface area (Å²) in [4.78, 5) is 11.4. The first-order valence-corrected chi connectivity index (χ1v) is 10.7. The van der Waals surface area contributed by atoms with Crippen molar-refractivity contribution in [3.05, 3.63) is 51.8 Å². The minimum atomic E-state index is 0.435. The Morgan fingerprint density at radius 3 is 2.67 bits per heavy atom. The van der Waals surface area contributed by atoms with E-state index in [4.69, 9.17) is 11.6 Å². The summed E-state index contributed by atoms with van der Waals surface area (Å²) in [7, 11) is 2.22.